The zero-order valence-electron chi connectivity index (χ0n) is 11.2. The quantitative estimate of drug-likeness (QED) is 0.575. The molecule has 19 heavy (non-hydrogen) atoms. The molecule has 2 rings (SSSR count). The van der Waals surface area contributed by atoms with Crippen LogP contribution >= 0.6 is 11.3 Å². The number of hydrazine groups is 1. The molecule has 7 heteroatoms. The molecule has 0 amide bonds. The molecule has 0 aliphatic rings. The fraction of sp³-hybridized carbons (Fsp3) is 0.417. The Morgan fingerprint density at radius 2 is 1.95 bits per heavy atom. The molecule has 0 aromatic carbocycles. The van der Waals surface area contributed by atoms with Crippen molar-refractivity contribution in [3.63, 3.8) is 0 Å². The summed E-state index contributed by atoms with van der Waals surface area (Å²) in [6.45, 7) is 6.14. The van der Waals surface area contributed by atoms with E-state index < -0.39 is 0 Å². The third-order valence-electron chi connectivity index (χ3n) is 2.59. The maximum atomic E-state index is 5.43. The van der Waals surface area contributed by atoms with Crippen molar-refractivity contribution in [2.24, 2.45) is 5.84 Å². The monoisotopic (exact) mass is 278 g/mol. The summed E-state index contributed by atoms with van der Waals surface area (Å²) in [4.78, 5) is 13.1. The summed E-state index contributed by atoms with van der Waals surface area (Å²) in [5.41, 5.74) is 2.57. The molecule has 0 fully saturated rings. The number of nitrogens with one attached hydrogen (secondary N) is 2. The van der Waals surface area contributed by atoms with Crippen LogP contribution in [0.15, 0.2) is 17.6 Å². The van der Waals surface area contributed by atoms with Gasteiger partial charge in [-0.15, -0.1) is 11.3 Å². The standard InChI is InChI=1S/C12H18N6S/c1-7(2)11-16-9(6-10(17-11)18-13)15-8(3)12-14-4-5-19-12/h4-8H,13H2,1-3H3,(H2,15,16,17,18). The number of hydrogen-bond donors (Lipinski definition) is 3. The Hall–Kier alpha value is -1.73. The minimum Gasteiger partial charge on any atom is -0.361 e. The summed E-state index contributed by atoms with van der Waals surface area (Å²) >= 11 is 1.61. The fourth-order valence-electron chi connectivity index (χ4n) is 1.60. The molecule has 2 heterocycles. The van der Waals surface area contributed by atoms with Gasteiger partial charge in [-0.3, -0.25) is 0 Å². The van der Waals surface area contributed by atoms with E-state index in [-0.39, 0.29) is 12.0 Å². The first-order valence-electron chi connectivity index (χ1n) is 6.11. The van der Waals surface area contributed by atoms with E-state index in [2.05, 4.69) is 25.7 Å². The van der Waals surface area contributed by atoms with Crippen LogP contribution in [0.5, 0.6) is 0 Å². The summed E-state index contributed by atoms with van der Waals surface area (Å²) in [6.07, 6.45) is 1.80. The minimum absolute atomic E-state index is 0.0977. The number of nitrogen functional groups attached to an aromatic ring is 1. The van der Waals surface area contributed by atoms with E-state index in [9.17, 15) is 0 Å². The third-order valence-corrected chi connectivity index (χ3v) is 3.55. The van der Waals surface area contributed by atoms with E-state index in [0.717, 1.165) is 16.6 Å². The molecule has 0 spiro atoms. The van der Waals surface area contributed by atoms with Crippen molar-refractivity contribution in [3.8, 4) is 0 Å². The second-order valence-corrected chi connectivity index (χ2v) is 5.46. The Kier molecular flexibility index (Phi) is 4.28. The molecule has 0 aliphatic carbocycles. The lowest BCUT2D eigenvalue weighted by molar-refractivity contribution is 0.768. The predicted molar refractivity (Wildman–Crippen MR) is 78.1 cm³/mol. The van der Waals surface area contributed by atoms with Crippen molar-refractivity contribution in [2.75, 3.05) is 10.7 Å². The van der Waals surface area contributed by atoms with Crippen molar-refractivity contribution in [2.45, 2.75) is 32.7 Å². The van der Waals surface area contributed by atoms with E-state index in [4.69, 9.17) is 5.84 Å². The van der Waals surface area contributed by atoms with Crippen molar-refractivity contribution in [1.29, 1.82) is 0 Å². The molecule has 1 atom stereocenters. The number of aromatic nitrogens is 3. The van der Waals surface area contributed by atoms with Gasteiger partial charge in [-0.2, -0.15) is 0 Å². The summed E-state index contributed by atoms with van der Waals surface area (Å²) < 4.78 is 0. The maximum Gasteiger partial charge on any atom is 0.145 e. The van der Waals surface area contributed by atoms with Crippen molar-refractivity contribution in [3.05, 3.63) is 28.5 Å². The van der Waals surface area contributed by atoms with Crippen LogP contribution < -0.4 is 16.6 Å². The lowest BCUT2D eigenvalue weighted by atomic mass is 10.2. The molecule has 2 aromatic heterocycles. The zero-order chi connectivity index (χ0) is 13.8. The molecule has 0 bridgehead atoms. The Labute approximate surface area is 116 Å². The normalized spacial score (nSPS) is 12.5. The summed E-state index contributed by atoms with van der Waals surface area (Å²) in [7, 11) is 0. The van der Waals surface area contributed by atoms with Crippen LogP contribution in [0.4, 0.5) is 11.6 Å². The lowest BCUT2D eigenvalue weighted by Gasteiger charge is -2.14. The fourth-order valence-corrected chi connectivity index (χ4v) is 2.25. The molecule has 6 nitrogen and oxygen atoms in total. The van der Waals surface area contributed by atoms with Crippen LogP contribution in [0, 0.1) is 0 Å². The van der Waals surface area contributed by atoms with Gasteiger partial charge in [-0.25, -0.2) is 20.8 Å². The van der Waals surface area contributed by atoms with Crippen molar-refractivity contribution in [1.82, 2.24) is 15.0 Å². The van der Waals surface area contributed by atoms with E-state index in [1.54, 1.807) is 23.6 Å². The second-order valence-electron chi connectivity index (χ2n) is 4.53. The van der Waals surface area contributed by atoms with E-state index >= 15 is 0 Å². The molecule has 0 aliphatic heterocycles. The molecular weight excluding hydrogens is 260 g/mol. The average molecular weight is 278 g/mol. The van der Waals surface area contributed by atoms with E-state index in [1.165, 1.54) is 0 Å². The average Bonchev–Trinajstić information content (AvgIpc) is 2.92. The summed E-state index contributed by atoms with van der Waals surface area (Å²) in [5.74, 6) is 7.78. The first-order valence-corrected chi connectivity index (χ1v) is 6.99. The van der Waals surface area contributed by atoms with Gasteiger partial charge < -0.3 is 10.7 Å². The first kappa shape index (κ1) is 13.7. The van der Waals surface area contributed by atoms with Crippen LogP contribution in [-0.2, 0) is 0 Å². The molecule has 0 radical (unpaired) electrons. The van der Waals surface area contributed by atoms with E-state index in [1.807, 2.05) is 26.2 Å². The van der Waals surface area contributed by atoms with Crippen molar-refractivity contribution < 1.29 is 0 Å². The van der Waals surface area contributed by atoms with Gasteiger partial charge in [0.05, 0.1) is 6.04 Å². The topological polar surface area (TPSA) is 88.8 Å². The lowest BCUT2D eigenvalue weighted by Crippen LogP contribution is -2.14. The smallest absolute Gasteiger partial charge is 0.145 e. The Balaban J connectivity index is 2.21. The van der Waals surface area contributed by atoms with Crippen molar-refractivity contribution >= 4 is 23.0 Å². The van der Waals surface area contributed by atoms with Gasteiger partial charge in [0.15, 0.2) is 0 Å². The highest BCUT2D eigenvalue weighted by Crippen LogP contribution is 2.22. The van der Waals surface area contributed by atoms with Gasteiger partial charge in [0.25, 0.3) is 0 Å². The van der Waals surface area contributed by atoms with Crippen LogP contribution in [0.1, 0.15) is 43.6 Å². The molecule has 0 saturated heterocycles. The maximum absolute atomic E-state index is 5.43. The number of hydrogen-bond acceptors (Lipinski definition) is 7. The van der Waals surface area contributed by atoms with Gasteiger partial charge in [-0.1, -0.05) is 13.8 Å². The highest BCUT2D eigenvalue weighted by molar-refractivity contribution is 7.09. The molecular formula is C12H18N6S. The predicted octanol–water partition coefficient (Wildman–Crippen LogP) is 2.52. The Morgan fingerprint density at radius 1 is 1.21 bits per heavy atom. The summed E-state index contributed by atoms with van der Waals surface area (Å²) in [6, 6.07) is 1.89. The molecule has 1 unspecified atom stereocenters. The number of anilines is 2. The van der Waals surface area contributed by atoms with Crippen LogP contribution in [0.3, 0.4) is 0 Å². The number of nitrogens with zero attached hydrogens (tertiary/aromatic N) is 3. The number of nitrogens with two attached hydrogens (primary N) is 1. The van der Waals surface area contributed by atoms with Gasteiger partial charge >= 0.3 is 0 Å². The number of thiazole rings is 1. The zero-order valence-corrected chi connectivity index (χ0v) is 12.0. The highest BCUT2D eigenvalue weighted by Gasteiger charge is 2.12. The van der Waals surface area contributed by atoms with Gasteiger partial charge in [0.1, 0.15) is 22.5 Å². The van der Waals surface area contributed by atoms with Gasteiger partial charge in [-0.05, 0) is 6.92 Å². The van der Waals surface area contributed by atoms with Gasteiger partial charge in [0.2, 0.25) is 0 Å². The van der Waals surface area contributed by atoms with Gasteiger partial charge in [0, 0.05) is 23.6 Å². The SMILES string of the molecule is CC(C)c1nc(NN)cc(NC(C)c2nccs2)n1. The van der Waals surface area contributed by atoms with E-state index in [0.29, 0.717) is 5.82 Å². The minimum atomic E-state index is 0.0977. The van der Waals surface area contributed by atoms with Crippen LogP contribution in [0.25, 0.3) is 0 Å². The second kappa shape index (κ2) is 5.94. The Morgan fingerprint density at radius 3 is 2.53 bits per heavy atom. The Bertz CT molecular complexity index is 525. The highest BCUT2D eigenvalue weighted by atomic mass is 32.1. The molecule has 4 N–H and O–H groups in total. The molecule has 2 aromatic rings. The van der Waals surface area contributed by atoms with Crippen LogP contribution in [-0.4, -0.2) is 15.0 Å². The summed E-state index contributed by atoms with van der Waals surface area (Å²) in [5, 5.41) is 6.29. The van der Waals surface area contributed by atoms with Crippen LogP contribution in [0.2, 0.25) is 0 Å². The third kappa shape index (κ3) is 3.39. The molecule has 0 saturated carbocycles. The first-order chi connectivity index (χ1) is 9.10. The largest absolute Gasteiger partial charge is 0.361 e. The number of rotatable bonds is 5. The molecule has 102 valence electrons.